The van der Waals surface area contributed by atoms with Gasteiger partial charge in [-0.25, -0.2) is 4.79 Å². The third-order valence-electron chi connectivity index (χ3n) is 5.03. The summed E-state index contributed by atoms with van der Waals surface area (Å²) in [6.07, 6.45) is 5.73. The van der Waals surface area contributed by atoms with Crippen molar-refractivity contribution >= 4 is 23.6 Å². The zero-order chi connectivity index (χ0) is 21.5. The quantitative estimate of drug-likeness (QED) is 0.752. The van der Waals surface area contributed by atoms with Gasteiger partial charge in [0.15, 0.2) is 0 Å². The Balaban J connectivity index is 1.63. The second kappa shape index (κ2) is 10.4. The Morgan fingerprint density at radius 2 is 1.90 bits per heavy atom. The molecule has 0 bridgehead atoms. The molecular formula is C22H27ClN4O3. The van der Waals surface area contributed by atoms with Crippen molar-refractivity contribution in [1.29, 1.82) is 0 Å². The first kappa shape index (κ1) is 22.0. The molecule has 2 amide bonds. The minimum Gasteiger partial charge on any atom is -0.449 e. The van der Waals surface area contributed by atoms with Crippen LogP contribution in [-0.4, -0.2) is 46.6 Å². The molecular weight excluding hydrogens is 404 g/mol. The lowest BCUT2D eigenvalue weighted by atomic mass is 9.94. The minimum absolute atomic E-state index is 0.0594. The molecule has 1 aliphatic rings. The number of nitrogens with zero attached hydrogens (tertiary/aromatic N) is 3. The normalized spacial score (nSPS) is 15.7. The van der Waals surface area contributed by atoms with Gasteiger partial charge in [-0.3, -0.25) is 14.8 Å². The first-order valence-corrected chi connectivity index (χ1v) is 10.5. The Morgan fingerprint density at radius 1 is 1.20 bits per heavy atom. The van der Waals surface area contributed by atoms with Gasteiger partial charge in [-0.2, -0.15) is 0 Å². The number of carbonyl (C=O) groups excluding carboxylic acids is 2. The largest absolute Gasteiger partial charge is 0.449 e. The summed E-state index contributed by atoms with van der Waals surface area (Å²) in [6, 6.07) is 6.89. The van der Waals surface area contributed by atoms with E-state index in [4.69, 9.17) is 16.3 Å². The van der Waals surface area contributed by atoms with E-state index in [0.717, 1.165) is 5.56 Å². The van der Waals surface area contributed by atoms with E-state index < -0.39 is 6.04 Å². The van der Waals surface area contributed by atoms with Gasteiger partial charge in [0.05, 0.1) is 24.5 Å². The molecule has 160 valence electrons. The summed E-state index contributed by atoms with van der Waals surface area (Å²) in [4.78, 5) is 35.3. The lowest BCUT2D eigenvalue weighted by Gasteiger charge is -2.31. The summed E-state index contributed by atoms with van der Waals surface area (Å²) < 4.78 is 5.29. The SMILES string of the molecule is CC(C)COC(=O)N1CCC(C(=O)NC(c2ccc(Cl)cc2)c2cnccn2)CC1. The van der Waals surface area contributed by atoms with Crippen molar-refractivity contribution < 1.29 is 14.3 Å². The lowest BCUT2D eigenvalue weighted by molar-refractivity contribution is -0.126. The molecule has 1 saturated heterocycles. The highest BCUT2D eigenvalue weighted by atomic mass is 35.5. The van der Waals surface area contributed by atoms with Gasteiger partial charge in [0.25, 0.3) is 0 Å². The summed E-state index contributed by atoms with van der Waals surface area (Å²) in [6.45, 7) is 5.41. The predicted octanol–water partition coefficient (Wildman–Crippen LogP) is 3.84. The van der Waals surface area contributed by atoms with Crippen molar-refractivity contribution in [2.45, 2.75) is 32.7 Å². The van der Waals surface area contributed by atoms with E-state index in [2.05, 4.69) is 15.3 Å². The second-order valence-electron chi connectivity index (χ2n) is 7.86. The van der Waals surface area contributed by atoms with Crippen molar-refractivity contribution in [3.8, 4) is 0 Å². The van der Waals surface area contributed by atoms with Gasteiger partial charge in [-0.15, -0.1) is 0 Å². The number of hydrogen-bond acceptors (Lipinski definition) is 5. The number of piperidine rings is 1. The number of aromatic nitrogens is 2. The van der Waals surface area contributed by atoms with E-state index in [1.165, 1.54) is 0 Å². The summed E-state index contributed by atoms with van der Waals surface area (Å²) in [5, 5.41) is 3.73. The Kier molecular flexibility index (Phi) is 7.63. The molecule has 3 rings (SSSR count). The zero-order valence-corrected chi connectivity index (χ0v) is 18.0. The number of rotatable bonds is 6. The number of amides is 2. The molecule has 1 atom stereocenters. The molecule has 0 spiro atoms. The first-order valence-electron chi connectivity index (χ1n) is 10.2. The fourth-order valence-corrected chi connectivity index (χ4v) is 3.48. The summed E-state index contributed by atoms with van der Waals surface area (Å²) >= 11 is 6.01. The number of carbonyl (C=O) groups is 2. The van der Waals surface area contributed by atoms with Crippen LogP contribution in [0, 0.1) is 11.8 Å². The van der Waals surface area contributed by atoms with Crippen molar-refractivity contribution in [3.05, 3.63) is 59.1 Å². The van der Waals surface area contributed by atoms with Gasteiger partial charge in [0, 0.05) is 36.4 Å². The average molecular weight is 431 g/mol. The van der Waals surface area contributed by atoms with Crippen LogP contribution < -0.4 is 5.32 Å². The molecule has 2 heterocycles. The predicted molar refractivity (Wildman–Crippen MR) is 114 cm³/mol. The highest BCUT2D eigenvalue weighted by Crippen LogP contribution is 2.24. The van der Waals surface area contributed by atoms with Crippen molar-refractivity contribution in [1.82, 2.24) is 20.2 Å². The van der Waals surface area contributed by atoms with Crippen LogP contribution >= 0.6 is 11.6 Å². The smallest absolute Gasteiger partial charge is 0.409 e. The van der Waals surface area contributed by atoms with Gasteiger partial charge < -0.3 is 15.0 Å². The average Bonchev–Trinajstić information content (AvgIpc) is 2.77. The van der Waals surface area contributed by atoms with E-state index in [-0.39, 0.29) is 17.9 Å². The van der Waals surface area contributed by atoms with Crippen LogP contribution in [0.3, 0.4) is 0 Å². The maximum absolute atomic E-state index is 13.0. The number of nitrogens with one attached hydrogen (secondary N) is 1. The Morgan fingerprint density at radius 3 is 2.50 bits per heavy atom. The van der Waals surface area contributed by atoms with Gasteiger partial charge in [0.1, 0.15) is 0 Å². The van der Waals surface area contributed by atoms with Crippen molar-refractivity contribution in [3.63, 3.8) is 0 Å². The molecule has 1 aromatic carbocycles. The second-order valence-corrected chi connectivity index (χ2v) is 8.29. The van der Waals surface area contributed by atoms with Crippen LogP contribution in [-0.2, 0) is 9.53 Å². The van der Waals surface area contributed by atoms with Crippen molar-refractivity contribution in [2.75, 3.05) is 19.7 Å². The molecule has 7 nitrogen and oxygen atoms in total. The Labute approximate surface area is 181 Å². The van der Waals surface area contributed by atoms with Crippen LogP contribution in [0.25, 0.3) is 0 Å². The molecule has 1 fully saturated rings. The van der Waals surface area contributed by atoms with Gasteiger partial charge >= 0.3 is 6.09 Å². The number of benzene rings is 1. The van der Waals surface area contributed by atoms with E-state index in [1.807, 2.05) is 26.0 Å². The topological polar surface area (TPSA) is 84.4 Å². The first-order chi connectivity index (χ1) is 14.4. The van der Waals surface area contributed by atoms with E-state index >= 15 is 0 Å². The molecule has 8 heteroatoms. The maximum atomic E-state index is 13.0. The summed E-state index contributed by atoms with van der Waals surface area (Å²) in [5.41, 5.74) is 1.53. The summed E-state index contributed by atoms with van der Waals surface area (Å²) in [7, 11) is 0. The van der Waals surface area contributed by atoms with Crippen LogP contribution in [0.2, 0.25) is 5.02 Å². The number of halogens is 1. The van der Waals surface area contributed by atoms with Crippen LogP contribution in [0.15, 0.2) is 42.9 Å². The molecule has 1 aromatic heterocycles. The van der Waals surface area contributed by atoms with Crippen LogP contribution in [0.5, 0.6) is 0 Å². The molecule has 1 unspecified atom stereocenters. The van der Waals surface area contributed by atoms with Gasteiger partial charge in [-0.05, 0) is 36.5 Å². The maximum Gasteiger partial charge on any atom is 0.409 e. The number of likely N-dealkylation sites (tertiary alicyclic amines) is 1. The Bertz CT molecular complexity index is 837. The van der Waals surface area contributed by atoms with Gasteiger partial charge in [0.2, 0.25) is 5.91 Å². The molecule has 30 heavy (non-hydrogen) atoms. The molecule has 2 aromatic rings. The van der Waals surface area contributed by atoms with E-state index in [1.54, 1.807) is 35.6 Å². The highest BCUT2D eigenvalue weighted by Gasteiger charge is 2.30. The molecule has 1 aliphatic heterocycles. The summed E-state index contributed by atoms with van der Waals surface area (Å²) in [5.74, 6) is 0.0598. The molecule has 0 aliphatic carbocycles. The van der Waals surface area contributed by atoms with Crippen molar-refractivity contribution in [2.24, 2.45) is 11.8 Å². The van der Waals surface area contributed by atoms with Gasteiger partial charge in [-0.1, -0.05) is 37.6 Å². The fraction of sp³-hybridized carbons (Fsp3) is 0.455. The Hall–Kier alpha value is -2.67. The molecule has 1 N–H and O–H groups in total. The zero-order valence-electron chi connectivity index (χ0n) is 17.3. The standard InChI is InChI=1S/C22H27ClN4O3/c1-15(2)14-30-22(29)27-11-7-17(8-12-27)21(28)26-20(19-13-24-9-10-25-19)16-3-5-18(23)6-4-16/h3-6,9-10,13,15,17,20H,7-8,11-12,14H2,1-2H3,(H,26,28). The molecule has 0 saturated carbocycles. The fourth-order valence-electron chi connectivity index (χ4n) is 3.36. The lowest BCUT2D eigenvalue weighted by Crippen LogP contribution is -2.44. The number of ether oxygens (including phenoxy) is 1. The van der Waals surface area contributed by atoms with Crippen LogP contribution in [0.1, 0.15) is 44.0 Å². The van der Waals surface area contributed by atoms with E-state index in [0.29, 0.717) is 49.2 Å². The monoisotopic (exact) mass is 430 g/mol. The third kappa shape index (κ3) is 5.92. The third-order valence-corrected chi connectivity index (χ3v) is 5.28. The van der Waals surface area contributed by atoms with Crippen LogP contribution in [0.4, 0.5) is 4.79 Å². The van der Waals surface area contributed by atoms with E-state index in [9.17, 15) is 9.59 Å². The minimum atomic E-state index is -0.419. The highest BCUT2D eigenvalue weighted by molar-refractivity contribution is 6.30. The number of hydrogen-bond donors (Lipinski definition) is 1. The molecule has 0 radical (unpaired) electrons.